The summed E-state index contributed by atoms with van der Waals surface area (Å²) in [5, 5.41) is 2.59. The lowest BCUT2D eigenvalue weighted by Gasteiger charge is -2.27. The van der Waals surface area contributed by atoms with Gasteiger partial charge < -0.3 is 9.47 Å². The summed E-state index contributed by atoms with van der Waals surface area (Å²) in [6.07, 6.45) is 3.96. The van der Waals surface area contributed by atoms with Gasteiger partial charge in [0.15, 0.2) is 16.6 Å². The Hall–Kier alpha value is -2.67. The standard InChI is InChI=1S/C19H22N2O4S/c1-5-9-21-18(23)14(17(22)20-19(21)26)10-13-7-8-15(16(11-13)24-4)25-12(3)6-2/h5,7-8,10-12H,1,6,9H2,2-4H3,(H,20,22,26)/b14-10+/t12-/m0/s1. The fourth-order valence-electron chi connectivity index (χ4n) is 2.33. The number of hydrogen-bond acceptors (Lipinski definition) is 5. The molecule has 7 heteroatoms. The molecule has 1 heterocycles. The fraction of sp³-hybridized carbons (Fsp3) is 0.316. The Kier molecular flexibility index (Phi) is 6.52. The van der Waals surface area contributed by atoms with E-state index < -0.39 is 11.8 Å². The molecule has 1 saturated heterocycles. The monoisotopic (exact) mass is 374 g/mol. The summed E-state index contributed by atoms with van der Waals surface area (Å²) in [4.78, 5) is 26.0. The maximum atomic E-state index is 12.6. The molecule has 138 valence electrons. The number of carbonyl (C=O) groups is 2. The molecule has 1 aliphatic rings. The molecule has 2 rings (SSSR count). The smallest absolute Gasteiger partial charge is 0.265 e. The molecule has 1 aromatic carbocycles. The second kappa shape index (κ2) is 8.62. The first-order chi connectivity index (χ1) is 12.4. The quantitative estimate of drug-likeness (QED) is 0.344. The average Bonchev–Trinajstić information content (AvgIpc) is 2.63. The summed E-state index contributed by atoms with van der Waals surface area (Å²) in [7, 11) is 1.54. The number of nitrogens with zero attached hydrogens (tertiary/aromatic N) is 1. The van der Waals surface area contributed by atoms with Gasteiger partial charge in [0.1, 0.15) is 5.57 Å². The summed E-state index contributed by atoms with van der Waals surface area (Å²) in [6, 6.07) is 5.24. The van der Waals surface area contributed by atoms with E-state index in [2.05, 4.69) is 11.9 Å². The lowest BCUT2D eigenvalue weighted by molar-refractivity contribution is -0.128. The van der Waals surface area contributed by atoms with E-state index >= 15 is 0 Å². The first-order valence-corrected chi connectivity index (χ1v) is 8.66. The van der Waals surface area contributed by atoms with Crippen molar-refractivity contribution in [1.82, 2.24) is 10.2 Å². The zero-order chi connectivity index (χ0) is 19.3. The van der Waals surface area contributed by atoms with Crippen molar-refractivity contribution >= 4 is 35.2 Å². The van der Waals surface area contributed by atoms with Crippen LogP contribution in [-0.4, -0.2) is 41.6 Å². The molecule has 0 aromatic heterocycles. The highest BCUT2D eigenvalue weighted by atomic mass is 32.1. The van der Waals surface area contributed by atoms with E-state index in [4.69, 9.17) is 21.7 Å². The third-order valence-corrected chi connectivity index (χ3v) is 4.22. The molecule has 0 unspecified atom stereocenters. The highest BCUT2D eigenvalue weighted by molar-refractivity contribution is 7.80. The minimum Gasteiger partial charge on any atom is -0.493 e. The predicted octanol–water partition coefficient (Wildman–Crippen LogP) is 2.69. The molecule has 2 amide bonds. The molecule has 0 aliphatic carbocycles. The number of nitrogens with one attached hydrogen (secondary N) is 1. The number of hydrogen-bond donors (Lipinski definition) is 1. The molecule has 26 heavy (non-hydrogen) atoms. The minimum absolute atomic E-state index is 0.00176. The van der Waals surface area contributed by atoms with Crippen LogP contribution in [0.3, 0.4) is 0 Å². The van der Waals surface area contributed by atoms with Crippen LogP contribution in [0.15, 0.2) is 36.4 Å². The van der Waals surface area contributed by atoms with Crippen LogP contribution in [0.2, 0.25) is 0 Å². The largest absolute Gasteiger partial charge is 0.493 e. The number of ether oxygens (including phenoxy) is 2. The van der Waals surface area contributed by atoms with Crippen molar-refractivity contribution in [2.45, 2.75) is 26.4 Å². The van der Waals surface area contributed by atoms with Crippen molar-refractivity contribution in [3.8, 4) is 11.5 Å². The average molecular weight is 374 g/mol. The number of thiocarbonyl (C=S) groups is 1. The Morgan fingerprint density at radius 3 is 2.69 bits per heavy atom. The van der Waals surface area contributed by atoms with E-state index in [0.717, 1.165) is 6.42 Å². The SMILES string of the molecule is C=CCN1C(=O)/C(=C/c2ccc(O[C@@H](C)CC)c(OC)c2)C(=O)NC1=S. The van der Waals surface area contributed by atoms with Crippen LogP contribution in [0, 0.1) is 0 Å². The molecule has 1 fully saturated rings. The van der Waals surface area contributed by atoms with Crippen molar-refractivity contribution in [2.75, 3.05) is 13.7 Å². The van der Waals surface area contributed by atoms with E-state index in [-0.39, 0.29) is 23.3 Å². The van der Waals surface area contributed by atoms with Gasteiger partial charge in [0.2, 0.25) is 0 Å². The van der Waals surface area contributed by atoms with Crippen molar-refractivity contribution in [3.63, 3.8) is 0 Å². The van der Waals surface area contributed by atoms with Crippen LogP contribution in [0.4, 0.5) is 0 Å². The molecular formula is C19H22N2O4S. The number of methoxy groups -OCH3 is 1. The van der Waals surface area contributed by atoms with Gasteiger partial charge in [-0.15, -0.1) is 6.58 Å². The molecule has 1 atom stereocenters. The highest BCUT2D eigenvalue weighted by Crippen LogP contribution is 2.30. The number of amides is 2. The predicted molar refractivity (Wildman–Crippen MR) is 104 cm³/mol. The summed E-state index contributed by atoms with van der Waals surface area (Å²) in [5.74, 6) is 0.149. The van der Waals surface area contributed by atoms with Crippen molar-refractivity contribution in [3.05, 3.63) is 42.0 Å². The third kappa shape index (κ3) is 4.29. The summed E-state index contributed by atoms with van der Waals surface area (Å²) >= 11 is 5.03. The Bertz CT molecular complexity index is 773. The molecular weight excluding hydrogens is 352 g/mol. The Morgan fingerprint density at radius 1 is 1.35 bits per heavy atom. The second-order valence-electron chi connectivity index (χ2n) is 5.77. The van der Waals surface area contributed by atoms with E-state index in [9.17, 15) is 9.59 Å². The van der Waals surface area contributed by atoms with Crippen LogP contribution in [0.5, 0.6) is 11.5 Å². The Morgan fingerprint density at radius 2 is 2.08 bits per heavy atom. The molecule has 0 radical (unpaired) electrons. The van der Waals surface area contributed by atoms with Crippen molar-refractivity contribution in [2.24, 2.45) is 0 Å². The maximum absolute atomic E-state index is 12.6. The van der Waals surface area contributed by atoms with E-state index in [0.29, 0.717) is 17.1 Å². The van der Waals surface area contributed by atoms with Crippen molar-refractivity contribution < 1.29 is 19.1 Å². The topological polar surface area (TPSA) is 67.9 Å². The van der Waals surface area contributed by atoms with Crippen LogP contribution < -0.4 is 14.8 Å². The van der Waals surface area contributed by atoms with Crippen LogP contribution in [0.25, 0.3) is 6.08 Å². The number of carbonyl (C=O) groups excluding carboxylic acids is 2. The van der Waals surface area contributed by atoms with Gasteiger partial charge in [-0.05, 0) is 49.3 Å². The van der Waals surface area contributed by atoms with Crippen LogP contribution in [0.1, 0.15) is 25.8 Å². The van der Waals surface area contributed by atoms with Gasteiger partial charge in [0.05, 0.1) is 13.2 Å². The highest BCUT2D eigenvalue weighted by Gasteiger charge is 2.32. The Balaban J connectivity index is 2.35. The molecule has 1 N–H and O–H groups in total. The van der Waals surface area contributed by atoms with Gasteiger partial charge in [-0.3, -0.25) is 19.8 Å². The summed E-state index contributed by atoms with van der Waals surface area (Å²) in [5.41, 5.74) is 0.640. The van der Waals surface area contributed by atoms with Gasteiger partial charge in [0, 0.05) is 6.54 Å². The molecule has 0 bridgehead atoms. The second-order valence-corrected chi connectivity index (χ2v) is 6.16. The number of benzene rings is 1. The van der Waals surface area contributed by atoms with Gasteiger partial charge >= 0.3 is 0 Å². The molecule has 0 spiro atoms. The van der Waals surface area contributed by atoms with E-state index in [1.54, 1.807) is 31.4 Å². The first kappa shape index (κ1) is 19.7. The molecule has 6 nitrogen and oxygen atoms in total. The normalized spacial score (nSPS) is 17.1. The van der Waals surface area contributed by atoms with Crippen LogP contribution >= 0.6 is 12.2 Å². The van der Waals surface area contributed by atoms with Crippen LogP contribution in [-0.2, 0) is 9.59 Å². The zero-order valence-electron chi connectivity index (χ0n) is 15.1. The van der Waals surface area contributed by atoms with Gasteiger partial charge in [-0.1, -0.05) is 19.1 Å². The lowest BCUT2D eigenvalue weighted by Crippen LogP contribution is -2.53. The summed E-state index contributed by atoms with van der Waals surface area (Å²) in [6.45, 7) is 7.82. The maximum Gasteiger partial charge on any atom is 0.265 e. The number of rotatable bonds is 7. The van der Waals surface area contributed by atoms with Gasteiger partial charge in [0.25, 0.3) is 11.8 Å². The lowest BCUT2D eigenvalue weighted by atomic mass is 10.1. The van der Waals surface area contributed by atoms with E-state index in [1.807, 2.05) is 13.8 Å². The Labute approximate surface area is 158 Å². The third-order valence-electron chi connectivity index (χ3n) is 3.90. The first-order valence-electron chi connectivity index (χ1n) is 8.25. The van der Waals surface area contributed by atoms with E-state index in [1.165, 1.54) is 11.0 Å². The van der Waals surface area contributed by atoms with Gasteiger partial charge in [-0.25, -0.2) is 0 Å². The molecule has 0 saturated carbocycles. The zero-order valence-corrected chi connectivity index (χ0v) is 15.9. The minimum atomic E-state index is -0.529. The summed E-state index contributed by atoms with van der Waals surface area (Å²) < 4.78 is 11.2. The fourth-order valence-corrected chi connectivity index (χ4v) is 2.58. The van der Waals surface area contributed by atoms with Gasteiger partial charge in [-0.2, -0.15) is 0 Å². The molecule has 1 aromatic rings. The molecule has 1 aliphatic heterocycles. The van der Waals surface area contributed by atoms with Crippen molar-refractivity contribution in [1.29, 1.82) is 0 Å².